The van der Waals surface area contributed by atoms with Gasteiger partial charge in [-0.05, 0) is 50.2 Å². The average molecular weight is 393 g/mol. The van der Waals surface area contributed by atoms with E-state index < -0.39 is 0 Å². The number of amides is 1. The van der Waals surface area contributed by atoms with Gasteiger partial charge in [-0.15, -0.1) is 0 Å². The standard InChI is InChI=1S/C22H20FN3O3/c1-13(18-12-24-26(14(18)2)17-9-7-16(23)8-10-17)25-22(27)20-11-15-5-4-6-19(28-3)21(15)29-20/h4-13H,1-3H3,(H,25,27). The summed E-state index contributed by atoms with van der Waals surface area (Å²) >= 11 is 0. The number of furan rings is 1. The Morgan fingerprint density at radius 2 is 2.00 bits per heavy atom. The quantitative estimate of drug-likeness (QED) is 0.539. The minimum absolute atomic E-state index is 0.208. The van der Waals surface area contributed by atoms with Crippen molar-refractivity contribution in [1.82, 2.24) is 15.1 Å². The molecule has 0 saturated carbocycles. The summed E-state index contributed by atoms with van der Waals surface area (Å²) in [5, 5.41) is 8.11. The molecule has 0 bridgehead atoms. The summed E-state index contributed by atoms with van der Waals surface area (Å²) in [5.41, 5.74) is 3.00. The van der Waals surface area contributed by atoms with E-state index in [1.807, 2.05) is 26.0 Å². The molecule has 2 heterocycles. The van der Waals surface area contributed by atoms with Crippen LogP contribution in [0.4, 0.5) is 4.39 Å². The number of hydrogen-bond acceptors (Lipinski definition) is 4. The van der Waals surface area contributed by atoms with Gasteiger partial charge in [0, 0.05) is 16.6 Å². The van der Waals surface area contributed by atoms with Crippen molar-refractivity contribution in [3.05, 3.63) is 77.6 Å². The van der Waals surface area contributed by atoms with E-state index >= 15 is 0 Å². The third-order valence-corrected chi connectivity index (χ3v) is 4.88. The average Bonchev–Trinajstić information content (AvgIpc) is 3.32. The molecule has 148 valence electrons. The van der Waals surface area contributed by atoms with Crippen LogP contribution in [-0.4, -0.2) is 22.8 Å². The number of nitrogens with zero attached hydrogens (tertiary/aromatic N) is 2. The lowest BCUT2D eigenvalue weighted by molar-refractivity contribution is 0.0914. The number of rotatable bonds is 5. The summed E-state index contributed by atoms with van der Waals surface area (Å²) in [4.78, 5) is 12.7. The number of fused-ring (bicyclic) bond motifs is 1. The van der Waals surface area contributed by atoms with Gasteiger partial charge in [0.15, 0.2) is 17.1 Å². The molecular formula is C22H20FN3O3. The first-order valence-corrected chi connectivity index (χ1v) is 9.16. The van der Waals surface area contributed by atoms with Gasteiger partial charge in [0.25, 0.3) is 5.91 Å². The summed E-state index contributed by atoms with van der Waals surface area (Å²) in [6.45, 7) is 3.78. The van der Waals surface area contributed by atoms with Gasteiger partial charge in [0.2, 0.25) is 0 Å². The highest BCUT2D eigenvalue weighted by atomic mass is 19.1. The first-order chi connectivity index (χ1) is 14.0. The second-order valence-electron chi connectivity index (χ2n) is 6.76. The zero-order chi connectivity index (χ0) is 20.5. The van der Waals surface area contributed by atoms with Crippen molar-refractivity contribution < 1.29 is 18.3 Å². The molecule has 4 aromatic rings. The first-order valence-electron chi connectivity index (χ1n) is 9.16. The van der Waals surface area contributed by atoms with Crippen molar-refractivity contribution in [3.8, 4) is 11.4 Å². The van der Waals surface area contributed by atoms with Crippen molar-refractivity contribution in [2.45, 2.75) is 19.9 Å². The van der Waals surface area contributed by atoms with Gasteiger partial charge in [0.05, 0.1) is 25.0 Å². The Bertz CT molecular complexity index is 1180. The van der Waals surface area contributed by atoms with Crippen molar-refractivity contribution >= 4 is 16.9 Å². The minimum Gasteiger partial charge on any atom is -0.493 e. The third kappa shape index (κ3) is 3.47. The van der Waals surface area contributed by atoms with Gasteiger partial charge in [-0.25, -0.2) is 9.07 Å². The fourth-order valence-corrected chi connectivity index (χ4v) is 3.34. The van der Waals surface area contributed by atoms with E-state index in [1.165, 1.54) is 12.1 Å². The highest BCUT2D eigenvalue weighted by molar-refractivity contribution is 5.97. The van der Waals surface area contributed by atoms with Crippen LogP contribution in [0.2, 0.25) is 0 Å². The van der Waals surface area contributed by atoms with Gasteiger partial charge in [0.1, 0.15) is 5.82 Å². The number of hydrogen-bond donors (Lipinski definition) is 1. The lowest BCUT2D eigenvalue weighted by Crippen LogP contribution is -2.26. The molecule has 0 saturated heterocycles. The zero-order valence-corrected chi connectivity index (χ0v) is 16.3. The summed E-state index contributed by atoms with van der Waals surface area (Å²) in [6, 6.07) is 13.0. The summed E-state index contributed by atoms with van der Waals surface area (Å²) < 4.78 is 25.9. The number of carbonyl (C=O) groups excluding carboxylic acids is 1. The number of ether oxygens (including phenoxy) is 1. The normalized spacial score (nSPS) is 12.1. The van der Waals surface area contributed by atoms with Crippen molar-refractivity contribution in [3.63, 3.8) is 0 Å². The Labute approximate surface area is 166 Å². The second kappa shape index (κ2) is 7.43. The Morgan fingerprint density at radius 3 is 2.72 bits per heavy atom. The molecule has 0 aliphatic rings. The second-order valence-corrected chi connectivity index (χ2v) is 6.76. The van der Waals surface area contributed by atoms with Crippen molar-refractivity contribution in [2.75, 3.05) is 7.11 Å². The maximum absolute atomic E-state index is 13.2. The third-order valence-electron chi connectivity index (χ3n) is 4.88. The molecule has 2 aromatic heterocycles. The number of methoxy groups -OCH3 is 1. The summed E-state index contributed by atoms with van der Waals surface area (Å²) in [6.07, 6.45) is 1.70. The molecule has 1 unspecified atom stereocenters. The number of carbonyl (C=O) groups is 1. The number of benzene rings is 2. The smallest absolute Gasteiger partial charge is 0.287 e. The van der Waals surface area contributed by atoms with E-state index in [4.69, 9.17) is 9.15 Å². The number of aromatic nitrogens is 2. The molecule has 1 N–H and O–H groups in total. The lowest BCUT2D eigenvalue weighted by atomic mass is 10.1. The number of nitrogens with one attached hydrogen (secondary N) is 1. The monoisotopic (exact) mass is 393 g/mol. The maximum atomic E-state index is 13.2. The molecule has 1 amide bonds. The number of para-hydroxylation sites is 1. The largest absolute Gasteiger partial charge is 0.493 e. The number of halogens is 1. The molecule has 2 aromatic carbocycles. The Morgan fingerprint density at radius 1 is 1.24 bits per heavy atom. The van der Waals surface area contributed by atoms with E-state index in [9.17, 15) is 9.18 Å². The van der Waals surface area contributed by atoms with Crippen LogP contribution in [0.25, 0.3) is 16.7 Å². The molecular weight excluding hydrogens is 373 g/mol. The molecule has 6 nitrogen and oxygen atoms in total. The van der Waals surface area contributed by atoms with Crippen molar-refractivity contribution in [2.24, 2.45) is 0 Å². The SMILES string of the molecule is COc1cccc2cc(C(=O)NC(C)c3cnn(-c4ccc(F)cc4)c3C)oc12. The summed E-state index contributed by atoms with van der Waals surface area (Å²) in [7, 11) is 1.56. The predicted octanol–water partition coefficient (Wildman–Crippen LogP) is 4.57. The molecule has 0 aliphatic heterocycles. The molecule has 1 atom stereocenters. The van der Waals surface area contributed by atoms with Crippen LogP contribution in [0.15, 0.2) is 59.1 Å². The molecule has 0 radical (unpaired) electrons. The van der Waals surface area contributed by atoms with Crippen LogP contribution in [0, 0.1) is 12.7 Å². The van der Waals surface area contributed by atoms with E-state index in [-0.39, 0.29) is 23.5 Å². The van der Waals surface area contributed by atoms with Gasteiger partial charge in [-0.3, -0.25) is 4.79 Å². The van der Waals surface area contributed by atoms with E-state index in [0.29, 0.717) is 11.3 Å². The summed E-state index contributed by atoms with van der Waals surface area (Å²) in [5.74, 6) is 0.150. The maximum Gasteiger partial charge on any atom is 0.287 e. The molecule has 7 heteroatoms. The van der Waals surface area contributed by atoms with Gasteiger partial charge in [-0.2, -0.15) is 5.10 Å². The highest BCUT2D eigenvalue weighted by Gasteiger charge is 2.20. The minimum atomic E-state index is -0.329. The van der Waals surface area contributed by atoms with Crippen LogP contribution in [-0.2, 0) is 0 Å². The van der Waals surface area contributed by atoms with Gasteiger partial charge >= 0.3 is 0 Å². The Kier molecular flexibility index (Phi) is 4.80. The first kappa shape index (κ1) is 18.7. The fourth-order valence-electron chi connectivity index (χ4n) is 3.34. The van der Waals surface area contributed by atoms with Crippen LogP contribution in [0.5, 0.6) is 5.75 Å². The lowest BCUT2D eigenvalue weighted by Gasteiger charge is -2.13. The predicted molar refractivity (Wildman–Crippen MR) is 107 cm³/mol. The van der Waals surface area contributed by atoms with E-state index in [0.717, 1.165) is 22.3 Å². The molecule has 4 rings (SSSR count). The fraction of sp³-hybridized carbons (Fsp3) is 0.182. The molecule has 0 aliphatic carbocycles. The van der Waals surface area contributed by atoms with Crippen LogP contribution in [0.3, 0.4) is 0 Å². The Hall–Kier alpha value is -3.61. The molecule has 0 fully saturated rings. The molecule has 29 heavy (non-hydrogen) atoms. The zero-order valence-electron chi connectivity index (χ0n) is 16.3. The van der Waals surface area contributed by atoms with Crippen LogP contribution in [0.1, 0.15) is 34.8 Å². The van der Waals surface area contributed by atoms with E-state index in [1.54, 1.807) is 42.3 Å². The van der Waals surface area contributed by atoms with Gasteiger partial charge < -0.3 is 14.5 Å². The van der Waals surface area contributed by atoms with Crippen LogP contribution >= 0.6 is 0 Å². The topological polar surface area (TPSA) is 69.3 Å². The van der Waals surface area contributed by atoms with Crippen molar-refractivity contribution in [1.29, 1.82) is 0 Å². The highest BCUT2D eigenvalue weighted by Crippen LogP contribution is 2.29. The molecule has 0 spiro atoms. The van der Waals surface area contributed by atoms with Gasteiger partial charge in [-0.1, -0.05) is 12.1 Å². The van der Waals surface area contributed by atoms with E-state index in [2.05, 4.69) is 10.4 Å². The van der Waals surface area contributed by atoms with Crippen LogP contribution < -0.4 is 10.1 Å². The Balaban J connectivity index is 1.56.